The number of rotatable bonds is 5. The van der Waals surface area contributed by atoms with E-state index in [-0.39, 0.29) is 11.3 Å². The van der Waals surface area contributed by atoms with Gasteiger partial charge in [0.2, 0.25) is 0 Å². The molecular weight excluding hydrogens is 234 g/mol. The average Bonchev–Trinajstić information content (AvgIpc) is 2.55. The molecule has 0 aliphatic heterocycles. The third-order valence-electron chi connectivity index (χ3n) is 2.65. The fraction of sp³-hybridized carbons (Fsp3) is 0.667. The molecule has 0 aliphatic carbocycles. The van der Waals surface area contributed by atoms with E-state index in [1.165, 1.54) is 7.11 Å². The van der Waals surface area contributed by atoms with Crippen molar-refractivity contribution in [2.24, 2.45) is 0 Å². The van der Waals surface area contributed by atoms with Crippen molar-refractivity contribution in [1.82, 2.24) is 9.55 Å². The van der Waals surface area contributed by atoms with Crippen LogP contribution in [0.1, 0.15) is 37.1 Å². The zero-order valence-corrected chi connectivity index (χ0v) is 11.6. The Morgan fingerprint density at radius 2 is 2.11 bits per heavy atom. The van der Waals surface area contributed by atoms with Crippen molar-refractivity contribution in [1.29, 1.82) is 0 Å². The number of nitrogens with zero attached hydrogens (tertiary/aromatic N) is 2. The maximum Gasteiger partial charge on any atom is 0.360 e. The summed E-state index contributed by atoms with van der Waals surface area (Å²) in [6, 6.07) is 0. The molecule has 2 N–H and O–H groups in total. The van der Waals surface area contributed by atoms with Crippen LogP contribution in [0.2, 0.25) is 0 Å². The fourth-order valence-electron chi connectivity index (χ4n) is 1.85. The van der Waals surface area contributed by atoms with Crippen LogP contribution in [-0.2, 0) is 16.0 Å². The van der Waals surface area contributed by atoms with Crippen LogP contribution in [0.5, 0.6) is 0 Å². The minimum Gasteiger partial charge on any atom is -0.464 e. The molecule has 1 aromatic heterocycles. The van der Waals surface area contributed by atoms with Crippen molar-refractivity contribution in [2.45, 2.75) is 39.8 Å². The van der Waals surface area contributed by atoms with Crippen LogP contribution in [0, 0.1) is 6.92 Å². The lowest BCUT2D eigenvalue weighted by Gasteiger charge is -2.26. The number of nitrogens with two attached hydrogens (primary N) is 1. The van der Waals surface area contributed by atoms with Gasteiger partial charge in [-0.3, -0.25) is 0 Å². The van der Waals surface area contributed by atoms with Crippen LogP contribution < -0.4 is 5.73 Å². The molecule has 0 saturated carbocycles. The van der Waals surface area contributed by atoms with Gasteiger partial charge in [0.15, 0.2) is 5.69 Å². The number of nitrogen functional groups attached to an aromatic ring is 1. The molecule has 0 saturated heterocycles. The molecular formula is C12H21N3O3. The smallest absolute Gasteiger partial charge is 0.360 e. The molecule has 0 unspecified atom stereocenters. The number of esters is 1. The number of aryl methyl sites for hydroxylation is 1. The summed E-state index contributed by atoms with van der Waals surface area (Å²) in [5, 5.41) is 0. The largest absolute Gasteiger partial charge is 0.464 e. The Bertz CT molecular complexity index is 438. The van der Waals surface area contributed by atoms with E-state index in [1.54, 1.807) is 11.5 Å². The van der Waals surface area contributed by atoms with Crippen molar-refractivity contribution in [2.75, 3.05) is 19.5 Å². The predicted molar refractivity (Wildman–Crippen MR) is 68.4 cm³/mol. The van der Waals surface area contributed by atoms with E-state index in [9.17, 15) is 4.79 Å². The molecule has 0 fully saturated rings. The number of carbonyl (C=O) groups excluding carboxylic acids is 1. The zero-order chi connectivity index (χ0) is 13.9. The molecule has 6 nitrogen and oxygen atoms in total. The second-order valence-electron chi connectivity index (χ2n) is 4.66. The van der Waals surface area contributed by atoms with Crippen molar-refractivity contribution in [3.63, 3.8) is 0 Å². The second-order valence-corrected chi connectivity index (χ2v) is 4.66. The van der Waals surface area contributed by atoms with Crippen LogP contribution in [0.15, 0.2) is 0 Å². The van der Waals surface area contributed by atoms with Crippen molar-refractivity contribution in [3.8, 4) is 0 Å². The molecule has 0 atom stereocenters. The Morgan fingerprint density at radius 3 is 2.61 bits per heavy atom. The average molecular weight is 255 g/mol. The lowest BCUT2D eigenvalue weighted by molar-refractivity contribution is -0.0224. The normalized spacial score (nSPS) is 11.6. The van der Waals surface area contributed by atoms with Gasteiger partial charge < -0.3 is 19.8 Å². The highest BCUT2D eigenvalue weighted by molar-refractivity contribution is 5.92. The maximum absolute atomic E-state index is 11.5. The van der Waals surface area contributed by atoms with Crippen LogP contribution >= 0.6 is 0 Å². The van der Waals surface area contributed by atoms with Gasteiger partial charge in [0.05, 0.1) is 19.3 Å². The fourth-order valence-corrected chi connectivity index (χ4v) is 1.85. The van der Waals surface area contributed by atoms with Gasteiger partial charge in [0, 0.05) is 6.61 Å². The van der Waals surface area contributed by atoms with Gasteiger partial charge in [-0.05, 0) is 27.7 Å². The molecule has 102 valence electrons. The Balaban J connectivity index is 3.04. The summed E-state index contributed by atoms with van der Waals surface area (Å²) in [6.45, 7) is 8.81. The highest BCUT2D eigenvalue weighted by atomic mass is 16.5. The molecule has 0 aromatic carbocycles. The van der Waals surface area contributed by atoms with Gasteiger partial charge in [-0.2, -0.15) is 0 Å². The summed E-state index contributed by atoms with van der Waals surface area (Å²) in [7, 11) is 1.31. The number of aromatic nitrogens is 2. The van der Waals surface area contributed by atoms with E-state index in [1.807, 2.05) is 20.8 Å². The van der Waals surface area contributed by atoms with Gasteiger partial charge in [0.1, 0.15) is 11.6 Å². The van der Waals surface area contributed by atoms with Gasteiger partial charge in [-0.15, -0.1) is 0 Å². The van der Waals surface area contributed by atoms with E-state index in [0.717, 1.165) is 0 Å². The Labute approximate surface area is 107 Å². The zero-order valence-electron chi connectivity index (χ0n) is 11.6. The molecule has 0 bridgehead atoms. The molecule has 1 heterocycles. The lowest BCUT2D eigenvalue weighted by Crippen LogP contribution is -2.31. The van der Waals surface area contributed by atoms with E-state index < -0.39 is 5.97 Å². The lowest BCUT2D eigenvalue weighted by atomic mass is 10.1. The number of methoxy groups -OCH3 is 1. The minimum absolute atomic E-state index is 0.155. The molecule has 0 amide bonds. The summed E-state index contributed by atoms with van der Waals surface area (Å²) in [6.07, 6.45) is 0. The first kappa shape index (κ1) is 14.5. The summed E-state index contributed by atoms with van der Waals surface area (Å²) in [4.78, 5) is 15.6. The number of carbonyl (C=O) groups is 1. The highest BCUT2D eigenvalue weighted by Gasteiger charge is 2.25. The molecule has 1 aromatic rings. The third kappa shape index (κ3) is 3.01. The van der Waals surface area contributed by atoms with Crippen LogP contribution in [0.4, 0.5) is 5.82 Å². The Kier molecular flexibility index (Phi) is 4.34. The number of imidazole rings is 1. The third-order valence-corrected chi connectivity index (χ3v) is 2.65. The van der Waals surface area contributed by atoms with E-state index in [0.29, 0.717) is 24.8 Å². The van der Waals surface area contributed by atoms with Gasteiger partial charge in [-0.25, -0.2) is 9.78 Å². The first-order valence-corrected chi connectivity index (χ1v) is 5.87. The second kappa shape index (κ2) is 5.39. The van der Waals surface area contributed by atoms with E-state index >= 15 is 0 Å². The summed E-state index contributed by atoms with van der Waals surface area (Å²) < 4.78 is 12.0. The Hall–Kier alpha value is -1.56. The van der Waals surface area contributed by atoms with E-state index in [2.05, 4.69) is 9.72 Å². The van der Waals surface area contributed by atoms with Gasteiger partial charge >= 0.3 is 5.97 Å². The molecule has 6 heteroatoms. The molecule has 0 spiro atoms. The molecule has 1 rings (SSSR count). The van der Waals surface area contributed by atoms with Crippen LogP contribution in [-0.4, -0.2) is 34.8 Å². The summed E-state index contributed by atoms with van der Waals surface area (Å²) in [5.41, 5.74) is 5.71. The minimum atomic E-state index is -0.524. The summed E-state index contributed by atoms with van der Waals surface area (Å²) in [5.74, 6) is 0.455. The number of ether oxygens (including phenoxy) is 2. The first-order valence-electron chi connectivity index (χ1n) is 5.87. The van der Waals surface area contributed by atoms with Crippen LogP contribution in [0.3, 0.4) is 0 Å². The number of hydrogen-bond donors (Lipinski definition) is 1. The maximum atomic E-state index is 11.5. The highest BCUT2D eigenvalue weighted by Crippen LogP contribution is 2.20. The van der Waals surface area contributed by atoms with Crippen molar-refractivity contribution in [3.05, 3.63) is 11.5 Å². The Morgan fingerprint density at radius 1 is 1.50 bits per heavy atom. The van der Waals surface area contributed by atoms with Gasteiger partial charge in [0.25, 0.3) is 0 Å². The first-order chi connectivity index (χ1) is 8.32. The quantitative estimate of drug-likeness (QED) is 0.804. The SMILES string of the molecule is CCOC(C)(C)Cn1c(C)nc(C(=O)OC)c1N. The van der Waals surface area contributed by atoms with Crippen molar-refractivity contribution < 1.29 is 14.3 Å². The predicted octanol–water partition coefficient (Wildman–Crippen LogP) is 1.38. The molecule has 0 radical (unpaired) electrons. The van der Waals surface area contributed by atoms with Gasteiger partial charge in [-0.1, -0.05) is 0 Å². The number of hydrogen-bond acceptors (Lipinski definition) is 5. The molecule has 18 heavy (non-hydrogen) atoms. The standard InChI is InChI=1S/C12H21N3O3/c1-6-18-12(3,4)7-15-8(2)14-9(10(15)13)11(16)17-5/h6-7,13H2,1-5H3. The topological polar surface area (TPSA) is 79.4 Å². The van der Waals surface area contributed by atoms with Crippen molar-refractivity contribution >= 4 is 11.8 Å². The van der Waals surface area contributed by atoms with E-state index in [4.69, 9.17) is 10.5 Å². The van der Waals surface area contributed by atoms with Crippen LogP contribution in [0.25, 0.3) is 0 Å². The summed E-state index contributed by atoms with van der Waals surface area (Å²) >= 11 is 0. The number of anilines is 1. The molecule has 0 aliphatic rings. The monoisotopic (exact) mass is 255 g/mol.